The number of rotatable bonds is 8. The summed E-state index contributed by atoms with van der Waals surface area (Å²) in [5.41, 5.74) is 3.86. The normalized spacial score (nSPS) is 27.4. The summed E-state index contributed by atoms with van der Waals surface area (Å²) < 4.78 is 13.0. The van der Waals surface area contributed by atoms with Crippen LogP contribution in [0, 0.1) is 18.3 Å². The molecule has 0 radical (unpaired) electrons. The minimum absolute atomic E-state index is 0.173. The van der Waals surface area contributed by atoms with Gasteiger partial charge in [0.25, 0.3) is 5.91 Å². The highest BCUT2D eigenvalue weighted by molar-refractivity contribution is 5.99. The Morgan fingerprint density at radius 2 is 1.85 bits per heavy atom. The zero-order valence-corrected chi connectivity index (χ0v) is 23.0. The summed E-state index contributed by atoms with van der Waals surface area (Å²) in [5.74, 6) is 2.16. The SMILES string of the molecule is Cc1ccc(CCNC(=O)c2cccc(N3C(=O)NC4CC3(C)Oc3c(OCC56CC(C5)C6)cccc34)c2)cc1. The molecular formula is C33H35N3O4. The van der Waals surface area contributed by atoms with Crippen LogP contribution in [0.15, 0.2) is 66.7 Å². The highest BCUT2D eigenvalue weighted by atomic mass is 16.5. The van der Waals surface area contributed by atoms with Gasteiger partial charge < -0.3 is 20.1 Å². The number of benzene rings is 3. The predicted molar refractivity (Wildman–Crippen MR) is 153 cm³/mol. The molecule has 2 unspecified atom stereocenters. The molecule has 2 aliphatic heterocycles. The third-order valence-electron chi connectivity index (χ3n) is 9.15. The maximum Gasteiger partial charge on any atom is 0.325 e. The van der Waals surface area contributed by atoms with E-state index in [4.69, 9.17) is 9.47 Å². The van der Waals surface area contributed by atoms with Crippen molar-refractivity contribution < 1.29 is 19.1 Å². The number of anilines is 1. The number of hydrogen-bond donors (Lipinski definition) is 2. The molecule has 0 spiro atoms. The van der Waals surface area contributed by atoms with Gasteiger partial charge in [-0.15, -0.1) is 0 Å². The minimum Gasteiger partial charge on any atom is -0.489 e. The van der Waals surface area contributed by atoms with Gasteiger partial charge in [-0.3, -0.25) is 9.69 Å². The van der Waals surface area contributed by atoms with Crippen LogP contribution in [0.3, 0.4) is 0 Å². The maximum atomic E-state index is 13.5. The predicted octanol–water partition coefficient (Wildman–Crippen LogP) is 5.92. The van der Waals surface area contributed by atoms with Gasteiger partial charge in [-0.25, -0.2) is 4.79 Å². The first-order valence-corrected chi connectivity index (χ1v) is 14.3. The highest BCUT2D eigenvalue weighted by Crippen LogP contribution is 2.64. The number of aryl methyl sites for hydroxylation is 1. The number of fused-ring (bicyclic) bond motifs is 4. The molecule has 40 heavy (non-hydrogen) atoms. The van der Waals surface area contributed by atoms with E-state index in [1.807, 2.05) is 37.3 Å². The first kappa shape index (κ1) is 25.0. The smallest absolute Gasteiger partial charge is 0.325 e. The number of nitrogens with one attached hydrogen (secondary N) is 2. The van der Waals surface area contributed by atoms with Crippen LogP contribution in [-0.2, 0) is 6.42 Å². The second-order valence-electron chi connectivity index (χ2n) is 12.3. The minimum atomic E-state index is -0.934. The fourth-order valence-corrected chi connectivity index (χ4v) is 6.89. The molecule has 4 fully saturated rings. The fourth-order valence-electron chi connectivity index (χ4n) is 6.89. The second kappa shape index (κ2) is 9.29. The van der Waals surface area contributed by atoms with Gasteiger partial charge in [0.05, 0.1) is 18.3 Å². The van der Waals surface area contributed by atoms with Crippen LogP contribution < -0.4 is 25.0 Å². The third kappa shape index (κ3) is 4.28. The molecule has 7 heteroatoms. The van der Waals surface area contributed by atoms with Gasteiger partial charge in [0.2, 0.25) is 0 Å². The molecule has 4 bridgehead atoms. The van der Waals surface area contributed by atoms with Crippen molar-refractivity contribution in [1.29, 1.82) is 0 Å². The first-order chi connectivity index (χ1) is 19.3. The van der Waals surface area contributed by atoms with Gasteiger partial charge in [0.1, 0.15) is 0 Å². The van der Waals surface area contributed by atoms with Crippen molar-refractivity contribution >= 4 is 17.6 Å². The summed E-state index contributed by atoms with van der Waals surface area (Å²) in [7, 11) is 0. The lowest BCUT2D eigenvalue weighted by atomic mass is 9.45. The maximum absolute atomic E-state index is 13.5. The zero-order chi connectivity index (χ0) is 27.5. The quantitative estimate of drug-likeness (QED) is 0.374. The fraction of sp³-hybridized carbons (Fsp3) is 0.394. The molecule has 3 aromatic carbocycles. The lowest BCUT2D eigenvalue weighted by Crippen LogP contribution is -2.65. The van der Waals surface area contributed by atoms with Gasteiger partial charge >= 0.3 is 6.03 Å². The average molecular weight is 538 g/mol. The molecule has 2 atom stereocenters. The van der Waals surface area contributed by atoms with E-state index in [1.54, 1.807) is 17.0 Å². The topological polar surface area (TPSA) is 79.9 Å². The lowest BCUT2D eigenvalue weighted by Gasteiger charge is -2.61. The number of amides is 3. The molecule has 3 aromatic rings. The van der Waals surface area contributed by atoms with E-state index in [2.05, 4.69) is 41.8 Å². The summed E-state index contributed by atoms with van der Waals surface area (Å²) in [5, 5.41) is 6.17. The van der Waals surface area contributed by atoms with E-state index in [-0.39, 0.29) is 18.0 Å². The summed E-state index contributed by atoms with van der Waals surface area (Å²) in [4.78, 5) is 28.1. The van der Waals surface area contributed by atoms with Crippen LogP contribution in [0.1, 0.15) is 65.7 Å². The molecule has 206 valence electrons. The molecule has 3 amide bonds. The van der Waals surface area contributed by atoms with Crippen molar-refractivity contribution in [2.75, 3.05) is 18.1 Å². The Hall–Kier alpha value is -4.00. The van der Waals surface area contributed by atoms with Crippen LogP contribution >= 0.6 is 0 Å². The number of para-hydroxylation sites is 1. The number of urea groups is 1. The van der Waals surface area contributed by atoms with Crippen molar-refractivity contribution in [2.45, 2.75) is 57.7 Å². The molecule has 3 aliphatic carbocycles. The van der Waals surface area contributed by atoms with E-state index in [0.29, 0.717) is 42.0 Å². The van der Waals surface area contributed by atoms with Gasteiger partial charge in [-0.2, -0.15) is 0 Å². The summed E-state index contributed by atoms with van der Waals surface area (Å²) in [6.07, 6.45) is 5.13. The molecule has 0 aromatic heterocycles. The van der Waals surface area contributed by atoms with Crippen molar-refractivity contribution in [3.8, 4) is 11.5 Å². The molecule has 8 rings (SSSR count). The Morgan fingerprint density at radius 1 is 1.07 bits per heavy atom. The Kier molecular flexibility index (Phi) is 5.81. The van der Waals surface area contributed by atoms with E-state index in [9.17, 15) is 9.59 Å². The molecule has 3 saturated carbocycles. The molecule has 2 heterocycles. The van der Waals surface area contributed by atoms with Crippen molar-refractivity contribution in [3.63, 3.8) is 0 Å². The van der Waals surface area contributed by atoms with Crippen LogP contribution in [0.25, 0.3) is 0 Å². The summed E-state index contributed by atoms with van der Waals surface area (Å²) >= 11 is 0. The zero-order valence-electron chi connectivity index (χ0n) is 23.0. The average Bonchev–Trinajstić information content (AvgIpc) is 2.88. The van der Waals surface area contributed by atoms with E-state index in [1.165, 1.54) is 30.4 Å². The first-order valence-electron chi connectivity index (χ1n) is 14.3. The van der Waals surface area contributed by atoms with Gasteiger partial charge in [0, 0.05) is 29.5 Å². The van der Waals surface area contributed by atoms with Crippen LogP contribution in [0.4, 0.5) is 10.5 Å². The van der Waals surface area contributed by atoms with E-state index < -0.39 is 5.72 Å². The van der Waals surface area contributed by atoms with Crippen LogP contribution in [-0.4, -0.2) is 30.8 Å². The second-order valence-corrected chi connectivity index (χ2v) is 12.3. The molecule has 1 saturated heterocycles. The van der Waals surface area contributed by atoms with Crippen molar-refractivity contribution in [2.24, 2.45) is 11.3 Å². The largest absolute Gasteiger partial charge is 0.489 e. The van der Waals surface area contributed by atoms with E-state index >= 15 is 0 Å². The Labute approximate surface area is 234 Å². The highest BCUT2D eigenvalue weighted by Gasteiger charge is 2.57. The molecular weight excluding hydrogens is 502 g/mol. The summed E-state index contributed by atoms with van der Waals surface area (Å²) in [6, 6.07) is 21.0. The van der Waals surface area contributed by atoms with Crippen LogP contribution in [0.2, 0.25) is 0 Å². The van der Waals surface area contributed by atoms with Gasteiger partial charge in [0.15, 0.2) is 17.2 Å². The number of hydrogen-bond acceptors (Lipinski definition) is 4. The third-order valence-corrected chi connectivity index (χ3v) is 9.15. The number of carbonyl (C=O) groups is 2. The number of carbonyl (C=O) groups excluding carboxylic acids is 2. The van der Waals surface area contributed by atoms with Crippen molar-refractivity contribution in [1.82, 2.24) is 10.6 Å². The van der Waals surface area contributed by atoms with Crippen LogP contribution in [0.5, 0.6) is 11.5 Å². The lowest BCUT2D eigenvalue weighted by molar-refractivity contribution is -0.132. The number of ether oxygens (including phenoxy) is 2. The van der Waals surface area contributed by atoms with Gasteiger partial charge in [-0.05, 0) is 75.3 Å². The Bertz CT molecular complexity index is 1470. The standard InChI is InChI=1S/C33H35N3O4/c1-21-9-11-22(12-10-21)13-14-34-30(37)24-5-3-6-25(15-24)36-31(38)35-27-19-32(36,2)40-29-26(27)7-4-8-28(29)39-20-33-16-23(17-33)18-33/h3-12,15,23,27H,13-14,16-20H2,1-2H3,(H,34,37)(H,35,38). The molecule has 5 aliphatic rings. The Morgan fingerprint density at radius 3 is 2.60 bits per heavy atom. The number of nitrogens with zero attached hydrogens (tertiary/aromatic N) is 1. The Balaban J connectivity index is 1.09. The molecule has 7 nitrogen and oxygen atoms in total. The summed E-state index contributed by atoms with van der Waals surface area (Å²) in [6.45, 7) is 5.24. The van der Waals surface area contributed by atoms with Gasteiger partial charge in [-0.1, -0.05) is 48.0 Å². The van der Waals surface area contributed by atoms with Crippen molar-refractivity contribution in [3.05, 3.63) is 89.0 Å². The molecule has 2 N–H and O–H groups in total. The van der Waals surface area contributed by atoms with E-state index in [0.717, 1.165) is 23.7 Å². The monoisotopic (exact) mass is 537 g/mol.